The van der Waals surface area contributed by atoms with Crippen molar-refractivity contribution in [1.82, 2.24) is 9.78 Å². The zero-order valence-corrected chi connectivity index (χ0v) is 16.8. The second kappa shape index (κ2) is 8.45. The number of allylic oxidation sites excluding steroid dienone is 1. The van der Waals surface area contributed by atoms with Gasteiger partial charge in [-0.2, -0.15) is 0 Å². The fraction of sp³-hybridized carbons (Fsp3) is 0.136. The van der Waals surface area contributed by atoms with E-state index in [1.54, 1.807) is 53.2 Å². The molecule has 0 N–H and O–H groups in total. The Balaban J connectivity index is 2.24. The van der Waals surface area contributed by atoms with E-state index < -0.39 is 9.84 Å². The van der Waals surface area contributed by atoms with E-state index in [9.17, 15) is 12.8 Å². The van der Waals surface area contributed by atoms with Crippen molar-refractivity contribution in [3.8, 4) is 28.3 Å². The Bertz CT molecular complexity index is 1130. The van der Waals surface area contributed by atoms with Crippen LogP contribution in [0.5, 0.6) is 5.88 Å². The van der Waals surface area contributed by atoms with Gasteiger partial charge in [-0.15, -0.1) is 11.7 Å². The van der Waals surface area contributed by atoms with Gasteiger partial charge in [0.2, 0.25) is 5.88 Å². The number of hydrogen-bond acceptors (Lipinski definition) is 4. The largest absolute Gasteiger partial charge is 0.472 e. The van der Waals surface area contributed by atoms with Crippen LogP contribution in [0.15, 0.2) is 78.7 Å². The van der Waals surface area contributed by atoms with Gasteiger partial charge < -0.3 is 4.74 Å². The summed E-state index contributed by atoms with van der Waals surface area (Å²) in [5.41, 5.74) is 2.87. The van der Waals surface area contributed by atoms with Gasteiger partial charge in [0.25, 0.3) is 0 Å². The summed E-state index contributed by atoms with van der Waals surface area (Å²) in [7, 11) is -3.31. The summed E-state index contributed by atoms with van der Waals surface area (Å²) in [6.07, 6.45) is 4.48. The molecule has 7 heteroatoms. The van der Waals surface area contributed by atoms with Crippen molar-refractivity contribution in [2.45, 2.75) is 11.4 Å². The van der Waals surface area contributed by atoms with Crippen LogP contribution in [0.4, 0.5) is 4.39 Å². The lowest BCUT2D eigenvalue weighted by atomic mass is 10.0. The van der Waals surface area contributed by atoms with Crippen LogP contribution in [0.3, 0.4) is 0 Å². The SMILES string of the molecule is C=CCOc1nn(CC=C)c(-c2ccc(S(C)(=O)=O)cc2)c1-c1ccc(F)cc1. The van der Waals surface area contributed by atoms with Crippen LogP contribution in [0.2, 0.25) is 0 Å². The molecule has 150 valence electrons. The number of benzene rings is 2. The second-order valence-corrected chi connectivity index (χ2v) is 8.42. The van der Waals surface area contributed by atoms with E-state index in [4.69, 9.17) is 4.74 Å². The van der Waals surface area contributed by atoms with Crippen molar-refractivity contribution in [2.75, 3.05) is 12.9 Å². The Morgan fingerprint density at radius 2 is 1.66 bits per heavy atom. The summed E-state index contributed by atoms with van der Waals surface area (Å²) in [5, 5.41) is 4.55. The molecular weight excluding hydrogens is 391 g/mol. The van der Waals surface area contributed by atoms with Crippen molar-refractivity contribution in [3.63, 3.8) is 0 Å². The third-order valence-electron chi connectivity index (χ3n) is 4.25. The molecule has 0 radical (unpaired) electrons. The Morgan fingerprint density at radius 1 is 1.03 bits per heavy atom. The maximum atomic E-state index is 13.5. The first-order valence-electron chi connectivity index (χ1n) is 8.87. The highest BCUT2D eigenvalue weighted by Crippen LogP contribution is 2.39. The third kappa shape index (κ3) is 4.46. The van der Waals surface area contributed by atoms with Crippen LogP contribution in [-0.2, 0) is 16.4 Å². The number of halogens is 1. The summed E-state index contributed by atoms with van der Waals surface area (Å²) < 4.78 is 44.6. The Hall–Kier alpha value is -3.19. The van der Waals surface area contributed by atoms with Crippen molar-refractivity contribution in [1.29, 1.82) is 0 Å². The minimum atomic E-state index is -3.31. The molecule has 1 aromatic heterocycles. The van der Waals surface area contributed by atoms with E-state index in [1.165, 1.54) is 12.1 Å². The predicted molar refractivity (Wildman–Crippen MR) is 112 cm³/mol. The molecule has 0 atom stereocenters. The first-order chi connectivity index (χ1) is 13.8. The zero-order chi connectivity index (χ0) is 21.0. The first-order valence-corrected chi connectivity index (χ1v) is 10.8. The van der Waals surface area contributed by atoms with Crippen LogP contribution in [-0.4, -0.2) is 31.1 Å². The molecule has 2 aromatic carbocycles. The van der Waals surface area contributed by atoms with Crippen LogP contribution >= 0.6 is 0 Å². The highest BCUT2D eigenvalue weighted by Gasteiger charge is 2.22. The summed E-state index contributed by atoms with van der Waals surface area (Å²) in [5.74, 6) is 0.0281. The van der Waals surface area contributed by atoms with E-state index in [1.807, 2.05) is 0 Å². The minimum absolute atomic E-state index is 0.225. The maximum Gasteiger partial charge on any atom is 0.241 e. The number of sulfone groups is 1. The fourth-order valence-corrected chi connectivity index (χ4v) is 3.59. The highest BCUT2D eigenvalue weighted by molar-refractivity contribution is 7.90. The normalized spacial score (nSPS) is 11.2. The lowest BCUT2D eigenvalue weighted by Gasteiger charge is -2.10. The van der Waals surface area contributed by atoms with Crippen LogP contribution in [0.1, 0.15) is 0 Å². The van der Waals surface area contributed by atoms with Crippen LogP contribution in [0.25, 0.3) is 22.4 Å². The molecule has 5 nitrogen and oxygen atoms in total. The molecule has 3 aromatic rings. The van der Waals surface area contributed by atoms with Gasteiger partial charge in [0.05, 0.1) is 22.7 Å². The second-order valence-electron chi connectivity index (χ2n) is 6.40. The number of rotatable bonds is 8. The van der Waals surface area contributed by atoms with Crippen LogP contribution < -0.4 is 4.74 Å². The number of ether oxygens (including phenoxy) is 1. The van der Waals surface area contributed by atoms with Crippen molar-refractivity contribution in [2.24, 2.45) is 0 Å². The molecule has 3 rings (SSSR count). The zero-order valence-electron chi connectivity index (χ0n) is 16.0. The molecule has 0 amide bonds. The molecule has 29 heavy (non-hydrogen) atoms. The van der Waals surface area contributed by atoms with E-state index in [0.717, 1.165) is 23.1 Å². The average Bonchev–Trinajstić information content (AvgIpc) is 3.05. The summed E-state index contributed by atoms with van der Waals surface area (Å²) in [6.45, 7) is 8.11. The van der Waals surface area contributed by atoms with Gasteiger partial charge in [0, 0.05) is 11.8 Å². The molecule has 0 bridgehead atoms. The standard InChI is InChI=1S/C22H21FN2O3S/c1-4-14-25-21(17-8-12-19(13-9-17)29(3,26)27)20(22(24-25)28-15-5-2)16-6-10-18(23)11-7-16/h4-13H,1-2,14-15H2,3H3. The predicted octanol–water partition coefficient (Wildman–Crippen LogP) is 4.51. The maximum absolute atomic E-state index is 13.5. The smallest absolute Gasteiger partial charge is 0.241 e. The van der Waals surface area contributed by atoms with Gasteiger partial charge in [-0.1, -0.05) is 43.0 Å². The first kappa shape index (κ1) is 20.5. The number of nitrogens with zero attached hydrogens (tertiary/aromatic N) is 2. The van der Waals surface area contributed by atoms with E-state index >= 15 is 0 Å². The van der Waals surface area contributed by atoms with Gasteiger partial charge in [0.15, 0.2) is 9.84 Å². The molecule has 0 saturated carbocycles. The Kier molecular flexibility index (Phi) is 5.98. The van der Waals surface area contributed by atoms with E-state index in [2.05, 4.69) is 18.3 Å². The van der Waals surface area contributed by atoms with Crippen molar-refractivity contribution >= 4 is 9.84 Å². The van der Waals surface area contributed by atoms with Gasteiger partial charge in [-0.25, -0.2) is 12.8 Å². The lowest BCUT2D eigenvalue weighted by molar-refractivity contribution is 0.345. The molecule has 0 aliphatic carbocycles. The molecule has 0 aliphatic rings. The third-order valence-corrected chi connectivity index (χ3v) is 5.38. The Labute approximate surface area is 169 Å². The molecule has 0 aliphatic heterocycles. The Morgan fingerprint density at radius 3 is 2.21 bits per heavy atom. The van der Waals surface area contributed by atoms with E-state index in [-0.39, 0.29) is 17.3 Å². The molecule has 0 unspecified atom stereocenters. The van der Waals surface area contributed by atoms with Gasteiger partial charge in [-0.3, -0.25) is 4.68 Å². The number of hydrogen-bond donors (Lipinski definition) is 0. The minimum Gasteiger partial charge on any atom is -0.472 e. The summed E-state index contributed by atoms with van der Waals surface area (Å²) in [4.78, 5) is 0.225. The van der Waals surface area contributed by atoms with E-state index in [0.29, 0.717) is 18.0 Å². The van der Waals surface area contributed by atoms with Crippen molar-refractivity contribution < 1.29 is 17.5 Å². The summed E-state index contributed by atoms with van der Waals surface area (Å²) in [6, 6.07) is 12.6. The lowest BCUT2D eigenvalue weighted by Crippen LogP contribution is -2.02. The fourth-order valence-electron chi connectivity index (χ4n) is 2.96. The summed E-state index contributed by atoms with van der Waals surface area (Å²) >= 11 is 0. The average molecular weight is 412 g/mol. The molecular formula is C22H21FN2O3S. The van der Waals surface area contributed by atoms with Crippen LogP contribution in [0, 0.1) is 5.82 Å². The highest BCUT2D eigenvalue weighted by atomic mass is 32.2. The van der Waals surface area contributed by atoms with Gasteiger partial charge >= 0.3 is 0 Å². The van der Waals surface area contributed by atoms with Crippen molar-refractivity contribution in [3.05, 3.63) is 79.7 Å². The molecule has 0 spiro atoms. The molecule has 0 fully saturated rings. The molecule has 0 saturated heterocycles. The number of aromatic nitrogens is 2. The molecule has 1 heterocycles. The topological polar surface area (TPSA) is 61.2 Å². The van der Waals surface area contributed by atoms with Gasteiger partial charge in [0.1, 0.15) is 12.4 Å². The van der Waals surface area contributed by atoms with Gasteiger partial charge in [-0.05, 0) is 29.8 Å². The monoisotopic (exact) mass is 412 g/mol. The quantitative estimate of drug-likeness (QED) is 0.511.